The second-order valence-corrected chi connectivity index (χ2v) is 30.7. The van der Waals surface area contributed by atoms with E-state index in [9.17, 15) is 14.4 Å². The molecule has 3 saturated carbocycles. The van der Waals surface area contributed by atoms with Gasteiger partial charge in [-0.1, -0.05) is 40.0 Å². The van der Waals surface area contributed by atoms with Crippen LogP contribution >= 0.6 is 136 Å². The standard InChI is InChI=1S/C66H69I6O12S/c1-4-42-15-9-10-16-55(42)82-62(73)39-76-56-33-52(70)59(36-49(56)67)79-43-17-23-46(24-18-43)85(47-25-19-44(20-26-47)80-60-37-50(68)57(34-53(60)71)77-40-63(74)83-65(5-2)29-11-7-12-30-65)48-27-21-45(22-28-48)81-61-38-51(69)58(35-54(61)72)78-41-64(75)84-66(6-3)31-13-8-14-32-66/h17-28,33-38,42,55H,4-16,29-32,39-41H2,1-3H3/q+1. The summed E-state index contributed by atoms with van der Waals surface area (Å²) in [7, 11) is -0.587. The zero-order valence-electron chi connectivity index (χ0n) is 47.8. The van der Waals surface area contributed by atoms with E-state index in [4.69, 9.17) is 42.6 Å². The molecule has 0 spiro atoms. The van der Waals surface area contributed by atoms with Gasteiger partial charge >= 0.3 is 17.9 Å². The van der Waals surface area contributed by atoms with Gasteiger partial charge in [-0.25, -0.2) is 14.4 Å². The topological polar surface area (TPSA) is 134 Å². The number of halogens is 6. The average Bonchev–Trinajstić information content (AvgIpc) is 3.69. The van der Waals surface area contributed by atoms with Crippen LogP contribution in [0.1, 0.15) is 130 Å². The van der Waals surface area contributed by atoms with Gasteiger partial charge in [0.2, 0.25) is 0 Å². The lowest BCUT2D eigenvalue weighted by Crippen LogP contribution is -2.38. The van der Waals surface area contributed by atoms with Crippen molar-refractivity contribution in [2.75, 3.05) is 19.8 Å². The Labute approximate surface area is 584 Å². The molecular weight excluding hydrogens is 1780 g/mol. The van der Waals surface area contributed by atoms with Crippen LogP contribution < -0.4 is 28.4 Å². The van der Waals surface area contributed by atoms with E-state index < -0.39 is 10.9 Å². The van der Waals surface area contributed by atoms with Crippen molar-refractivity contribution in [3.05, 3.63) is 131 Å². The maximum absolute atomic E-state index is 13.0. The summed E-state index contributed by atoms with van der Waals surface area (Å²) < 4.78 is 60.4. The maximum Gasteiger partial charge on any atom is 0.344 e. The number of ether oxygens (including phenoxy) is 9. The predicted molar refractivity (Wildman–Crippen MR) is 380 cm³/mol. The Hall–Kier alpha value is -2.74. The molecule has 0 amide bonds. The summed E-state index contributed by atoms with van der Waals surface area (Å²) >= 11 is 13.4. The molecule has 6 aromatic rings. The van der Waals surface area contributed by atoms with Crippen LogP contribution in [0.2, 0.25) is 0 Å². The van der Waals surface area contributed by atoms with Gasteiger partial charge in [0.25, 0.3) is 0 Å². The highest BCUT2D eigenvalue weighted by atomic mass is 127. The lowest BCUT2D eigenvalue weighted by atomic mass is 9.83. The van der Waals surface area contributed by atoms with Gasteiger partial charge < -0.3 is 42.6 Å². The smallest absolute Gasteiger partial charge is 0.344 e. The van der Waals surface area contributed by atoms with Gasteiger partial charge in [0, 0.05) is 0 Å². The third-order valence-electron chi connectivity index (χ3n) is 16.0. The third-order valence-corrected chi connectivity index (χ3v) is 23.3. The Kier molecular flexibility index (Phi) is 25.0. The second kappa shape index (κ2) is 31.8. The molecule has 85 heavy (non-hydrogen) atoms. The molecule has 0 radical (unpaired) electrons. The number of carbonyl (C=O) groups excluding carboxylic acids is 3. The molecule has 2 atom stereocenters. The second-order valence-electron chi connectivity index (χ2n) is 21.7. The zero-order chi connectivity index (χ0) is 60.1. The summed E-state index contributed by atoms with van der Waals surface area (Å²) in [5, 5.41) is 0. The molecule has 0 aliphatic heterocycles. The molecular formula is C66H69I6O12S+. The molecule has 19 heteroatoms. The van der Waals surface area contributed by atoms with Crippen LogP contribution in [-0.2, 0) is 39.5 Å². The summed E-state index contributed by atoms with van der Waals surface area (Å²) in [6.45, 7) is 5.87. The van der Waals surface area contributed by atoms with E-state index >= 15 is 0 Å². The van der Waals surface area contributed by atoms with Gasteiger partial charge in [0.05, 0.1) is 32.3 Å². The fourth-order valence-corrected chi connectivity index (χ4v) is 16.7. The van der Waals surface area contributed by atoms with E-state index in [1.807, 2.05) is 72.8 Å². The summed E-state index contributed by atoms with van der Waals surface area (Å²) in [5.74, 6) is 5.18. The molecule has 3 fully saturated rings. The fraction of sp³-hybridized carbons (Fsp3) is 0.409. The van der Waals surface area contributed by atoms with E-state index in [0.29, 0.717) is 57.7 Å². The first-order valence-electron chi connectivity index (χ1n) is 29.1. The van der Waals surface area contributed by atoms with Crippen molar-refractivity contribution < 1.29 is 57.0 Å². The van der Waals surface area contributed by atoms with E-state index in [-0.39, 0.29) is 55.0 Å². The van der Waals surface area contributed by atoms with Crippen molar-refractivity contribution in [2.24, 2.45) is 5.92 Å². The van der Waals surface area contributed by atoms with Crippen LogP contribution in [0, 0.1) is 27.3 Å². The Morgan fingerprint density at radius 2 is 0.741 bits per heavy atom. The Morgan fingerprint density at radius 3 is 1.08 bits per heavy atom. The van der Waals surface area contributed by atoms with E-state index in [1.165, 1.54) is 19.3 Å². The minimum Gasteiger partial charge on any atom is -0.481 e. The van der Waals surface area contributed by atoms with Gasteiger partial charge in [-0.05, 0) is 341 Å². The van der Waals surface area contributed by atoms with Crippen LogP contribution in [0.3, 0.4) is 0 Å². The monoisotopic (exact) mass is 1850 g/mol. The highest BCUT2D eigenvalue weighted by Crippen LogP contribution is 2.42. The van der Waals surface area contributed by atoms with Gasteiger partial charge in [-0.3, -0.25) is 0 Å². The molecule has 3 aliphatic rings. The normalized spacial score (nSPS) is 17.3. The minimum absolute atomic E-state index is 0.0408. The molecule has 0 bridgehead atoms. The van der Waals surface area contributed by atoms with Crippen molar-refractivity contribution in [3.8, 4) is 51.7 Å². The third kappa shape index (κ3) is 18.2. The minimum atomic E-state index is -0.587. The summed E-state index contributed by atoms with van der Waals surface area (Å²) in [4.78, 5) is 42.0. The molecule has 3 aliphatic carbocycles. The van der Waals surface area contributed by atoms with Crippen molar-refractivity contribution in [2.45, 2.75) is 162 Å². The average molecular weight is 1850 g/mol. The lowest BCUT2D eigenvalue weighted by Gasteiger charge is -2.35. The molecule has 0 heterocycles. The summed E-state index contributed by atoms with van der Waals surface area (Å²) in [6, 6.07) is 35.9. The zero-order valence-corrected chi connectivity index (χ0v) is 61.5. The Morgan fingerprint density at radius 1 is 0.424 bits per heavy atom. The predicted octanol–water partition coefficient (Wildman–Crippen LogP) is 19.7. The summed E-state index contributed by atoms with van der Waals surface area (Å²) in [6.07, 6.45) is 17.1. The fourth-order valence-electron chi connectivity index (χ4n) is 11.2. The molecule has 9 rings (SSSR count). The van der Waals surface area contributed by atoms with Crippen LogP contribution in [0.4, 0.5) is 0 Å². The van der Waals surface area contributed by atoms with Gasteiger partial charge in [-0.15, -0.1) is 0 Å². The highest BCUT2D eigenvalue weighted by molar-refractivity contribution is 14.1. The van der Waals surface area contributed by atoms with Gasteiger partial charge in [-0.2, -0.15) is 0 Å². The number of rotatable bonds is 24. The van der Waals surface area contributed by atoms with Crippen LogP contribution in [0.25, 0.3) is 0 Å². The highest BCUT2D eigenvalue weighted by Gasteiger charge is 2.36. The largest absolute Gasteiger partial charge is 0.481 e. The quantitative estimate of drug-likeness (QED) is 0.0247. The lowest BCUT2D eigenvalue weighted by molar-refractivity contribution is -0.167. The van der Waals surface area contributed by atoms with Gasteiger partial charge in [0.1, 0.15) is 69.1 Å². The molecule has 2 unspecified atom stereocenters. The van der Waals surface area contributed by atoms with Crippen molar-refractivity contribution in [1.82, 2.24) is 0 Å². The number of hydrogen-bond donors (Lipinski definition) is 0. The maximum atomic E-state index is 13.0. The molecule has 6 aromatic carbocycles. The SMILES string of the molecule is CCC1CCCCC1OC(=O)COc1cc(I)c(Oc2ccc([S+](c3ccc(Oc4cc(I)c(OCC(=O)OC5(CC)CCCCC5)cc4I)cc3)c3ccc(Oc4cc(I)c(OCC(=O)OC5(CC)CCCCC5)cc4I)cc3)cc2)cc1I. The molecule has 12 nitrogen and oxygen atoms in total. The molecule has 0 saturated heterocycles. The number of carbonyl (C=O) groups is 3. The first kappa shape index (κ1) is 66.7. The number of benzene rings is 6. The summed E-state index contributed by atoms with van der Waals surface area (Å²) in [5.41, 5.74) is -0.771. The molecule has 452 valence electrons. The van der Waals surface area contributed by atoms with Crippen molar-refractivity contribution in [1.29, 1.82) is 0 Å². The first-order chi connectivity index (χ1) is 41.0. The molecule has 0 aromatic heterocycles. The van der Waals surface area contributed by atoms with Crippen molar-refractivity contribution in [3.63, 3.8) is 0 Å². The van der Waals surface area contributed by atoms with E-state index in [1.54, 1.807) is 0 Å². The van der Waals surface area contributed by atoms with Crippen LogP contribution in [-0.4, -0.2) is 55.0 Å². The van der Waals surface area contributed by atoms with Crippen LogP contribution in [0.5, 0.6) is 51.7 Å². The van der Waals surface area contributed by atoms with Crippen molar-refractivity contribution >= 4 is 164 Å². The number of hydrogen-bond acceptors (Lipinski definition) is 12. The Balaban J connectivity index is 0.895. The first-order valence-corrected chi connectivity index (χ1v) is 36.8. The van der Waals surface area contributed by atoms with E-state index in [0.717, 1.165) is 126 Å². The van der Waals surface area contributed by atoms with Gasteiger partial charge in [0.15, 0.2) is 34.5 Å². The van der Waals surface area contributed by atoms with Crippen LogP contribution in [0.15, 0.2) is 124 Å². The van der Waals surface area contributed by atoms with E-state index in [2.05, 4.69) is 193 Å². The Bertz CT molecular complexity index is 3110. The number of esters is 3. The molecule has 0 N–H and O–H groups in total.